The van der Waals surface area contributed by atoms with Gasteiger partial charge in [0.15, 0.2) is 0 Å². The van der Waals surface area contributed by atoms with Gasteiger partial charge < -0.3 is 30.2 Å². The van der Waals surface area contributed by atoms with Crippen LogP contribution in [-0.2, 0) is 15.6 Å². The predicted molar refractivity (Wildman–Crippen MR) is 101 cm³/mol. The van der Waals surface area contributed by atoms with Gasteiger partial charge in [0.05, 0.1) is 6.61 Å². The van der Waals surface area contributed by atoms with Gasteiger partial charge in [-0.15, -0.1) is 0 Å². The molecule has 0 aliphatic heterocycles. The molecule has 0 unspecified atom stereocenters. The number of hydrogen-bond donors (Lipinski definition) is 8. The zero-order valence-corrected chi connectivity index (χ0v) is 16.1. The smallest absolute Gasteiger partial charge is 0.469 e. The number of phosphoric acid groups is 1. The highest BCUT2D eigenvalue weighted by Crippen LogP contribution is 2.35. The zero-order chi connectivity index (χ0) is 22.2. The molecule has 0 bridgehead atoms. The molecule has 3 rings (SSSR count). The molecule has 2 heterocycles. The van der Waals surface area contributed by atoms with Crippen molar-refractivity contribution in [3.05, 3.63) is 45.1 Å². The van der Waals surface area contributed by atoms with Crippen LogP contribution in [0.1, 0.15) is 0 Å². The summed E-state index contributed by atoms with van der Waals surface area (Å²) >= 11 is 0. The number of H-pyrrole nitrogens is 2. The summed E-state index contributed by atoms with van der Waals surface area (Å²) in [6.07, 6.45) is -5.48. The number of phenolic OH excluding ortho intramolecular Hbond substituents is 1. The number of hydrogen-bond acceptors (Lipinski definition) is 8. The minimum atomic E-state index is -4.90. The van der Waals surface area contributed by atoms with E-state index >= 15 is 0 Å². The minimum absolute atomic E-state index is 0.0194. The third-order valence-corrected chi connectivity index (χ3v) is 4.89. The maximum absolute atomic E-state index is 12.2. The van der Waals surface area contributed by atoms with E-state index in [1.807, 2.05) is 0 Å². The third-order valence-electron chi connectivity index (χ3n) is 4.40. The first-order valence-corrected chi connectivity index (χ1v) is 10.1. The van der Waals surface area contributed by atoms with Crippen molar-refractivity contribution < 1.29 is 43.9 Å². The summed E-state index contributed by atoms with van der Waals surface area (Å²) in [5.41, 5.74) is -1.27. The van der Waals surface area contributed by atoms with Gasteiger partial charge in [0.2, 0.25) is 0 Å². The number of rotatable bonds is 7. The molecule has 0 fully saturated rings. The molecule has 0 radical (unpaired) electrons. The maximum Gasteiger partial charge on any atom is 0.469 e. The lowest BCUT2D eigenvalue weighted by molar-refractivity contribution is -0.656. The van der Waals surface area contributed by atoms with Gasteiger partial charge in [0.25, 0.3) is 11.2 Å². The fourth-order valence-corrected chi connectivity index (χ4v) is 3.35. The van der Waals surface area contributed by atoms with Crippen molar-refractivity contribution in [2.45, 2.75) is 24.9 Å². The number of phenols is 1. The van der Waals surface area contributed by atoms with Crippen LogP contribution in [0.4, 0.5) is 0 Å². The van der Waals surface area contributed by atoms with E-state index in [0.29, 0.717) is 5.39 Å². The Morgan fingerprint density at radius 2 is 1.77 bits per heavy atom. The molecule has 0 aliphatic rings. The third kappa shape index (κ3) is 4.74. The van der Waals surface area contributed by atoms with Crippen molar-refractivity contribution in [2.24, 2.45) is 0 Å². The second kappa shape index (κ2) is 8.24. The number of aromatic nitrogens is 3. The second-order valence-corrected chi connectivity index (χ2v) is 7.82. The number of aromatic amines is 2. The van der Waals surface area contributed by atoms with Gasteiger partial charge in [-0.25, -0.2) is 13.9 Å². The molecule has 30 heavy (non-hydrogen) atoms. The van der Waals surface area contributed by atoms with Gasteiger partial charge in [-0.2, -0.15) is 4.98 Å². The molecule has 0 amide bonds. The van der Waals surface area contributed by atoms with Gasteiger partial charge in [-0.05, 0) is 18.2 Å². The van der Waals surface area contributed by atoms with Crippen molar-refractivity contribution in [1.29, 1.82) is 0 Å². The summed E-state index contributed by atoms with van der Waals surface area (Å²) in [6, 6.07) is 5.63. The SMILES string of the molecule is O=c1[nH]c(=O)c2cc3ccc(O)cc3[n+](C[C@H](O)[C@H](O)[C@H](O)COP(=O)(O)O)c2[nH]1. The highest BCUT2D eigenvalue weighted by molar-refractivity contribution is 7.46. The van der Waals surface area contributed by atoms with Crippen molar-refractivity contribution in [3.63, 3.8) is 0 Å². The Balaban J connectivity index is 2.05. The fraction of sp³-hybridized carbons (Fsp3) is 0.312. The number of fused-ring (bicyclic) bond motifs is 2. The molecule has 0 spiro atoms. The van der Waals surface area contributed by atoms with E-state index in [-0.39, 0.29) is 22.3 Å². The molecule has 0 saturated heterocycles. The largest absolute Gasteiger partial charge is 0.508 e. The van der Waals surface area contributed by atoms with Crippen molar-refractivity contribution in [2.75, 3.05) is 6.61 Å². The number of aromatic hydroxyl groups is 1. The Bertz CT molecular complexity index is 1250. The minimum Gasteiger partial charge on any atom is -0.508 e. The first-order valence-electron chi connectivity index (χ1n) is 8.52. The Hall–Kier alpha value is -2.64. The number of aliphatic hydroxyl groups excluding tert-OH is 3. The first kappa shape index (κ1) is 22.1. The molecule has 14 heteroatoms. The van der Waals surface area contributed by atoms with Crippen LogP contribution < -0.4 is 15.8 Å². The van der Waals surface area contributed by atoms with Crippen LogP contribution in [-0.4, -0.2) is 65.1 Å². The lowest BCUT2D eigenvalue weighted by Crippen LogP contribution is -2.50. The van der Waals surface area contributed by atoms with Crippen molar-refractivity contribution in [3.8, 4) is 5.75 Å². The topological polar surface area (TPSA) is 217 Å². The lowest BCUT2D eigenvalue weighted by atomic mass is 10.1. The Morgan fingerprint density at radius 1 is 1.07 bits per heavy atom. The average molecular weight is 444 g/mol. The monoisotopic (exact) mass is 444 g/mol. The first-order chi connectivity index (χ1) is 14.0. The van der Waals surface area contributed by atoms with E-state index in [4.69, 9.17) is 9.79 Å². The summed E-state index contributed by atoms with van der Waals surface area (Å²) in [6.45, 7) is -1.43. The molecule has 3 aromatic rings. The van der Waals surface area contributed by atoms with Crippen LogP contribution in [0.2, 0.25) is 0 Å². The van der Waals surface area contributed by atoms with Crippen molar-refractivity contribution in [1.82, 2.24) is 9.97 Å². The summed E-state index contributed by atoms with van der Waals surface area (Å²) in [4.78, 5) is 45.8. The summed E-state index contributed by atoms with van der Waals surface area (Å²) < 4.78 is 16.1. The predicted octanol–water partition coefficient (Wildman–Crippen LogP) is -2.45. The number of pyridine rings is 1. The van der Waals surface area contributed by atoms with Crippen LogP contribution >= 0.6 is 7.82 Å². The molecule has 2 aromatic heterocycles. The van der Waals surface area contributed by atoms with E-state index < -0.39 is 50.5 Å². The summed E-state index contributed by atoms with van der Waals surface area (Å²) in [5.74, 6) is -0.145. The van der Waals surface area contributed by atoms with Gasteiger partial charge in [0, 0.05) is 11.5 Å². The number of benzene rings is 1. The average Bonchev–Trinajstić information content (AvgIpc) is 2.65. The standard InChI is InChI=1S/C16H18N3O10P/c20-8-2-1-7-3-9-14(17-16(25)18-15(9)24)19(10(7)4-8)5-11(21)13(23)12(22)6-29-30(26,27)28/h1-4,11-13,21-23H,5-6H2,(H4,17,18,20,24,25,26,27,28)/p+1/t11-,12+,13-/m0/s1. The van der Waals surface area contributed by atoms with Gasteiger partial charge in [0.1, 0.15) is 41.5 Å². The van der Waals surface area contributed by atoms with E-state index in [1.165, 1.54) is 28.8 Å². The molecular weight excluding hydrogens is 425 g/mol. The molecule has 3 atom stereocenters. The van der Waals surface area contributed by atoms with E-state index in [0.717, 1.165) is 0 Å². The Labute approximate surface area is 166 Å². The van der Waals surface area contributed by atoms with Crippen LogP contribution in [0.15, 0.2) is 33.9 Å². The number of phosphoric ester groups is 1. The van der Waals surface area contributed by atoms with Crippen LogP contribution in [0.5, 0.6) is 5.75 Å². The number of nitrogens with zero attached hydrogens (tertiary/aromatic N) is 1. The van der Waals surface area contributed by atoms with E-state index in [2.05, 4.69) is 14.5 Å². The fourth-order valence-electron chi connectivity index (χ4n) is 3.01. The molecule has 0 saturated carbocycles. The summed E-state index contributed by atoms with van der Waals surface area (Å²) in [5, 5.41) is 40.7. The molecule has 13 nitrogen and oxygen atoms in total. The maximum atomic E-state index is 12.2. The molecule has 1 aromatic carbocycles. The number of nitrogens with one attached hydrogen (secondary N) is 2. The normalized spacial score (nSPS) is 15.4. The Morgan fingerprint density at radius 3 is 2.43 bits per heavy atom. The van der Waals surface area contributed by atoms with Gasteiger partial charge in [-0.1, -0.05) is 0 Å². The molecule has 0 aliphatic carbocycles. The molecule has 8 N–H and O–H groups in total. The van der Waals surface area contributed by atoms with Gasteiger partial charge >= 0.3 is 13.5 Å². The zero-order valence-electron chi connectivity index (χ0n) is 15.2. The molecular formula is C16H19N3O10P+. The van der Waals surface area contributed by atoms with Crippen molar-refractivity contribution >= 4 is 29.8 Å². The van der Waals surface area contributed by atoms with Crippen LogP contribution in [0.3, 0.4) is 0 Å². The summed E-state index contributed by atoms with van der Waals surface area (Å²) in [7, 11) is -4.90. The molecule has 162 valence electrons. The number of aliphatic hydroxyl groups is 3. The lowest BCUT2D eigenvalue weighted by Gasteiger charge is -2.22. The highest BCUT2D eigenvalue weighted by Gasteiger charge is 2.30. The van der Waals surface area contributed by atoms with Gasteiger partial charge in [-0.3, -0.25) is 14.3 Å². The quantitative estimate of drug-likeness (QED) is 0.109. The van der Waals surface area contributed by atoms with Crippen LogP contribution in [0.25, 0.3) is 21.9 Å². The van der Waals surface area contributed by atoms with E-state index in [1.54, 1.807) is 0 Å². The Kier molecular flexibility index (Phi) is 6.06. The highest BCUT2D eigenvalue weighted by atomic mass is 31.2. The van der Waals surface area contributed by atoms with E-state index in [9.17, 15) is 34.6 Å². The second-order valence-electron chi connectivity index (χ2n) is 6.58. The van der Waals surface area contributed by atoms with Crippen LogP contribution in [0, 0.1) is 0 Å².